The highest BCUT2D eigenvalue weighted by molar-refractivity contribution is 6.21. The molecule has 6 heteroatoms. The molecule has 1 heterocycles. The highest BCUT2D eigenvalue weighted by Crippen LogP contribution is 2.24. The van der Waals surface area contributed by atoms with Gasteiger partial charge in [-0.2, -0.15) is 0 Å². The molecule has 0 unspecified atom stereocenters. The molecule has 0 bridgehead atoms. The van der Waals surface area contributed by atoms with Crippen LogP contribution in [-0.4, -0.2) is 34.2 Å². The molecule has 6 nitrogen and oxygen atoms in total. The van der Waals surface area contributed by atoms with Gasteiger partial charge in [-0.15, -0.1) is 0 Å². The Balaban J connectivity index is 1.41. The fourth-order valence-electron chi connectivity index (χ4n) is 3.80. The predicted octanol–water partition coefficient (Wildman–Crippen LogP) is 4.47. The summed E-state index contributed by atoms with van der Waals surface area (Å²) in [5.74, 6) is -1.24. The van der Waals surface area contributed by atoms with E-state index >= 15 is 0 Å². The lowest BCUT2D eigenvalue weighted by atomic mass is 10.1. The van der Waals surface area contributed by atoms with Crippen LogP contribution >= 0.6 is 0 Å². The minimum atomic E-state index is -0.436. The molecule has 33 heavy (non-hydrogen) atoms. The normalized spacial score (nSPS) is 13.7. The summed E-state index contributed by atoms with van der Waals surface area (Å²) < 4.78 is 0. The van der Waals surface area contributed by atoms with E-state index in [1.54, 1.807) is 31.2 Å². The number of amides is 3. The van der Waals surface area contributed by atoms with Crippen molar-refractivity contribution in [3.8, 4) is 0 Å². The van der Waals surface area contributed by atoms with Gasteiger partial charge in [-0.25, -0.2) is 5.06 Å². The molecular formula is C27H26N2O4. The van der Waals surface area contributed by atoms with Gasteiger partial charge in [0.15, 0.2) is 0 Å². The summed E-state index contributed by atoms with van der Waals surface area (Å²) in [5.41, 5.74) is 2.74. The number of carbonyl (C=O) groups is 3. The van der Waals surface area contributed by atoms with E-state index in [0.717, 1.165) is 11.1 Å². The molecule has 0 saturated heterocycles. The van der Waals surface area contributed by atoms with Crippen molar-refractivity contribution in [2.45, 2.75) is 26.5 Å². The zero-order valence-electron chi connectivity index (χ0n) is 18.5. The van der Waals surface area contributed by atoms with E-state index in [4.69, 9.17) is 4.84 Å². The van der Waals surface area contributed by atoms with Crippen LogP contribution in [0, 0.1) is 5.92 Å². The minimum Gasteiger partial charge on any atom is -0.274 e. The van der Waals surface area contributed by atoms with E-state index in [1.807, 2.05) is 60.7 Å². The number of rotatable bonds is 9. The third-order valence-corrected chi connectivity index (χ3v) is 5.73. The number of hydrogen-bond donors (Lipinski definition) is 0. The third kappa shape index (κ3) is 5.18. The van der Waals surface area contributed by atoms with Crippen molar-refractivity contribution in [1.29, 1.82) is 0 Å². The monoisotopic (exact) mass is 442 g/mol. The second-order valence-electron chi connectivity index (χ2n) is 8.12. The zero-order valence-corrected chi connectivity index (χ0v) is 18.5. The average molecular weight is 443 g/mol. The lowest BCUT2D eigenvalue weighted by molar-refractivity contribution is -0.199. The summed E-state index contributed by atoms with van der Waals surface area (Å²) in [7, 11) is 0. The van der Waals surface area contributed by atoms with E-state index in [2.05, 4.69) is 0 Å². The van der Waals surface area contributed by atoms with Gasteiger partial charge in [0, 0.05) is 12.5 Å². The number of carbonyl (C=O) groups excluding carboxylic acids is 3. The summed E-state index contributed by atoms with van der Waals surface area (Å²) in [6.07, 6.45) is 0.351. The first-order valence-corrected chi connectivity index (χ1v) is 11.0. The zero-order chi connectivity index (χ0) is 23.2. The van der Waals surface area contributed by atoms with Gasteiger partial charge >= 0.3 is 0 Å². The summed E-state index contributed by atoms with van der Waals surface area (Å²) in [5, 5.41) is 1.38. The first kappa shape index (κ1) is 22.4. The fraction of sp³-hybridized carbons (Fsp3) is 0.222. The van der Waals surface area contributed by atoms with E-state index in [1.165, 1.54) is 9.96 Å². The number of fused-ring (bicyclic) bond motifs is 1. The first-order chi connectivity index (χ1) is 16.0. The maximum atomic E-state index is 13.3. The molecule has 0 N–H and O–H groups in total. The Bertz CT molecular complexity index is 1100. The van der Waals surface area contributed by atoms with E-state index < -0.39 is 5.92 Å². The Morgan fingerprint density at radius 3 is 1.91 bits per heavy atom. The van der Waals surface area contributed by atoms with Crippen LogP contribution in [0.25, 0.3) is 0 Å². The maximum Gasteiger partial charge on any atom is 0.261 e. The van der Waals surface area contributed by atoms with Gasteiger partial charge < -0.3 is 0 Å². The van der Waals surface area contributed by atoms with Crippen molar-refractivity contribution < 1.29 is 19.2 Å². The van der Waals surface area contributed by atoms with Crippen LogP contribution in [0.5, 0.6) is 0 Å². The molecule has 4 rings (SSSR count). The quantitative estimate of drug-likeness (QED) is 0.362. The molecule has 3 aromatic carbocycles. The fourth-order valence-corrected chi connectivity index (χ4v) is 3.80. The van der Waals surface area contributed by atoms with Crippen molar-refractivity contribution in [1.82, 2.24) is 9.96 Å². The summed E-state index contributed by atoms with van der Waals surface area (Å²) in [6, 6.07) is 26.1. The number of hydrogen-bond acceptors (Lipinski definition) is 4. The van der Waals surface area contributed by atoms with Gasteiger partial charge in [0.1, 0.15) is 6.61 Å². The predicted molar refractivity (Wildman–Crippen MR) is 124 cm³/mol. The number of imide groups is 1. The number of benzene rings is 3. The van der Waals surface area contributed by atoms with E-state index in [-0.39, 0.29) is 30.9 Å². The maximum absolute atomic E-state index is 13.3. The van der Waals surface area contributed by atoms with Crippen LogP contribution in [0.15, 0.2) is 84.9 Å². The SMILES string of the molecule is C[C@@H](CCN1C(=O)c2ccccc2C1=O)C(=O)N(Cc1ccccc1)OCc1ccccc1. The van der Waals surface area contributed by atoms with Crippen LogP contribution in [0.1, 0.15) is 45.2 Å². The Labute approximate surface area is 193 Å². The van der Waals surface area contributed by atoms with E-state index in [0.29, 0.717) is 24.1 Å². The van der Waals surface area contributed by atoms with Crippen LogP contribution in [0.3, 0.4) is 0 Å². The average Bonchev–Trinajstić information content (AvgIpc) is 3.10. The lowest BCUT2D eigenvalue weighted by Gasteiger charge is -2.26. The topological polar surface area (TPSA) is 66.9 Å². The van der Waals surface area contributed by atoms with E-state index in [9.17, 15) is 14.4 Å². The van der Waals surface area contributed by atoms with Gasteiger partial charge in [-0.1, -0.05) is 79.7 Å². The van der Waals surface area contributed by atoms with Crippen LogP contribution in [0.2, 0.25) is 0 Å². The number of hydroxylamine groups is 2. The van der Waals surface area contributed by atoms with Crippen molar-refractivity contribution >= 4 is 17.7 Å². The highest BCUT2D eigenvalue weighted by atomic mass is 16.7. The standard InChI is InChI=1S/C27H26N2O4/c1-20(16-17-28-26(31)23-14-8-9-15-24(23)27(28)32)25(30)29(18-21-10-4-2-5-11-21)33-19-22-12-6-3-7-13-22/h2-15,20H,16-19H2,1H3/t20-/m0/s1. The lowest BCUT2D eigenvalue weighted by Crippen LogP contribution is -2.37. The molecule has 3 amide bonds. The van der Waals surface area contributed by atoms with Crippen molar-refractivity contribution in [3.63, 3.8) is 0 Å². The summed E-state index contributed by atoms with van der Waals surface area (Å²) in [6.45, 7) is 2.55. The van der Waals surface area contributed by atoms with Crippen LogP contribution in [0.4, 0.5) is 0 Å². The molecule has 0 saturated carbocycles. The molecule has 0 radical (unpaired) electrons. The van der Waals surface area contributed by atoms with Crippen molar-refractivity contribution in [2.24, 2.45) is 5.92 Å². The molecule has 3 aromatic rings. The van der Waals surface area contributed by atoms with Crippen molar-refractivity contribution in [2.75, 3.05) is 6.54 Å². The Morgan fingerprint density at radius 1 is 0.818 bits per heavy atom. The molecule has 1 aliphatic heterocycles. The molecule has 1 atom stereocenters. The molecule has 0 fully saturated rings. The van der Waals surface area contributed by atoms with Gasteiger partial charge in [0.05, 0.1) is 17.7 Å². The molecule has 1 aliphatic rings. The third-order valence-electron chi connectivity index (χ3n) is 5.73. The van der Waals surface area contributed by atoms with Gasteiger partial charge in [0.25, 0.3) is 11.8 Å². The van der Waals surface area contributed by atoms with Crippen molar-refractivity contribution in [3.05, 3.63) is 107 Å². The van der Waals surface area contributed by atoms with Crippen LogP contribution < -0.4 is 0 Å². The minimum absolute atomic E-state index is 0.178. The first-order valence-electron chi connectivity index (χ1n) is 11.0. The highest BCUT2D eigenvalue weighted by Gasteiger charge is 2.35. The van der Waals surface area contributed by atoms with Gasteiger partial charge in [-0.05, 0) is 29.7 Å². The molecule has 0 aromatic heterocycles. The van der Waals surface area contributed by atoms with Crippen LogP contribution in [-0.2, 0) is 22.8 Å². The summed E-state index contributed by atoms with van der Waals surface area (Å²) >= 11 is 0. The molecular weight excluding hydrogens is 416 g/mol. The molecule has 0 aliphatic carbocycles. The number of nitrogens with zero attached hydrogens (tertiary/aromatic N) is 2. The molecule has 0 spiro atoms. The van der Waals surface area contributed by atoms with Gasteiger partial charge in [0.2, 0.25) is 5.91 Å². The second kappa shape index (κ2) is 10.2. The summed E-state index contributed by atoms with van der Waals surface area (Å²) in [4.78, 5) is 45.6. The Morgan fingerprint density at radius 2 is 1.33 bits per heavy atom. The Kier molecular flexibility index (Phi) is 6.95. The second-order valence-corrected chi connectivity index (χ2v) is 8.12. The Hall–Kier alpha value is -3.77. The molecule has 168 valence electrons. The van der Waals surface area contributed by atoms with Gasteiger partial charge in [-0.3, -0.25) is 24.1 Å². The smallest absolute Gasteiger partial charge is 0.261 e. The largest absolute Gasteiger partial charge is 0.274 e.